The summed E-state index contributed by atoms with van der Waals surface area (Å²) in [5, 5.41) is 19.0. The summed E-state index contributed by atoms with van der Waals surface area (Å²) in [6.07, 6.45) is -4.60. The highest BCUT2D eigenvalue weighted by molar-refractivity contribution is 5.67. The van der Waals surface area contributed by atoms with Crippen molar-refractivity contribution < 1.29 is 22.8 Å². The third-order valence-corrected chi connectivity index (χ3v) is 1.57. The van der Waals surface area contributed by atoms with E-state index in [0.29, 0.717) is 6.20 Å². The van der Waals surface area contributed by atoms with E-state index >= 15 is 0 Å². The minimum Gasteiger partial charge on any atom is -0.399 e. The normalized spacial score (nSPS) is 10.7. The maximum Gasteiger partial charge on any atom is 0.573 e. The zero-order valence-corrected chi connectivity index (χ0v) is 7.85. The number of aromatic nitrogens is 1. The van der Waals surface area contributed by atoms with E-state index in [1.165, 1.54) is 6.07 Å². The number of rotatable bonds is 2. The largest absolute Gasteiger partial charge is 0.573 e. The molecule has 1 aromatic heterocycles. The topological polar surface area (TPSA) is 115 Å². The fourth-order valence-corrected chi connectivity index (χ4v) is 0.952. The molecule has 1 rings (SSSR count). The molecule has 0 aliphatic heterocycles. The number of nitriles is 1. The molecule has 0 atom stereocenters. The van der Waals surface area contributed by atoms with Gasteiger partial charge in [0, 0.05) is 0 Å². The highest BCUT2D eigenvalue weighted by atomic mass is 19.4. The van der Waals surface area contributed by atoms with Crippen molar-refractivity contribution in [1.82, 2.24) is 4.98 Å². The van der Waals surface area contributed by atoms with E-state index in [1.807, 2.05) is 0 Å². The van der Waals surface area contributed by atoms with Crippen LogP contribution in [0.3, 0.4) is 0 Å². The molecule has 0 amide bonds. The van der Waals surface area contributed by atoms with Crippen LogP contribution in [0.5, 0.6) is 5.75 Å². The molecule has 10 heteroatoms. The molecule has 0 unspecified atom stereocenters. The number of alkyl halides is 3. The lowest BCUT2D eigenvalue weighted by Gasteiger charge is -2.09. The molecule has 0 fully saturated rings. The average molecular weight is 248 g/mol. The summed E-state index contributed by atoms with van der Waals surface area (Å²) >= 11 is 0. The zero-order valence-electron chi connectivity index (χ0n) is 7.85. The van der Waals surface area contributed by atoms with Crippen molar-refractivity contribution in [3.63, 3.8) is 0 Å². The number of halogens is 3. The molecule has 0 saturated heterocycles. The van der Waals surface area contributed by atoms with Crippen LogP contribution in [0.4, 0.5) is 24.7 Å². The Kier molecular flexibility index (Phi) is 3.03. The van der Waals surface area contributed by atoms with Crippen LogP contribution in [0.2, 0.25) is 0 Å². The maximum atomic E-state index is 11.9. The van der Waals surface area contributed by atoms with Gasteiger partial charge in [-0.15, -0.1) is 13.2 Å². The first-order chi connectivity index (χ1) is 7.76. The van der Waals surface area contributed by atoms with E-state index in [4.69, 9.17) is 11.0 Å². The Balaban J connectivity index is 3.32. The Labute approximate surface area is 91.4 Å². The molecule has 90 valence electrons. The van der Waals surface area contributed by atoms with Crippen molar-refractivity contribution in [2.75, 3.05) is 5.73 Å². The Hall–Kier alpha value is -2.57. The van der Waals surface area contributed by atoms with Crippen LogP contribution < -0.4 is 10.5 Å². The third-order valence-electron chi connectivity index (χ3n) is 1.57. The number of nitrogens with zero attached hydrogens (tertiary/aromatic N) is 3. The van der Waals surface area contributed by atoms with Crippen molar-refractivity contribution in [3.8, 4) is 11.8 Å². The molecule has 1 heterocycles. The van der Waals surface area contributed by atoms with Gasteiger partial charge in [-0.25, -0.2) is 0 Å². The van der Waals surface area contributed by atoms with Gasteiger partial charge in [-0.05, 0) is 9.91 Å². The van der Waals surface area contributed by atoms with Crippen molar-refractivity contribution in [2.45, 2.75) is 6.36 Å². The van der Waals surface area contributed by atoms with Crippen LogP contribution in [-0.4, -0.2) is 16.3 Å². The number of nitrogens with two attached hydrogens (primary N) is 1. The van der Waals surface area contributed by atoms with Gasteiger partial charge in [-0.3, -0.25) is 0 Å². The molecule has 2 N–H and O–H groups in total. The number of hydrogen-bond acceptors (Lipinski definition) is 6. The Morgan fingerprint density at radius 1 is 1.59 bits per heavy atom. The lowest BCUT2D eigenvalue weighted by atomic mass is 10.2. The molecule has 0 aromatic carbocycles. The molecular weight excluding hydrogens is 245 g/mol. The van der Waals surface area contributed by atoms with E-state index in [-0.39, 0.29) is 0 Å². The molecule has 1 aromatic rings. The molecule has 0 aliphatic carbocycles. The minimum absolute atomic E-state index is 0.432. The summed E-state index contributed by atoms with van der Waals surface area (Å²) in [5.74, 6) is -1.89. The molecule has 17 heavy (non-hydrogen) atoms. The summed E-state index contributed by atoms with van der Waals surface area (Å²) < 4.78 is 39.1. The van der Waals surface area contributed by atoms with Crippen LogP contribution in [0, 0.1) is 21.4 Å². The Morgan fingerprint density at radius 3 is 2.59 bits per heavy atom. The van der Waals surface area contributed by atoms with Gasteiger partial charge < -0.3 is 20.6 Å². The van der Waals surface area contributed by atoms with Crippen molar-refractivity contribution >= 4 is 11.5 Å². The lowest BCUT2D eigenvalue weighted by molar-refractivity contribution is -0.389. The fourth-order valence-electron chi connectivity index (χ4n) is 0.952. The van der Waals surface area contributed by atoms with Crippen LogP contribution in [-0.2, 0) is 0 Å². The molecular formula is C7H3F3N4O3. The van der Waals surface area contributed by atoms with Gasteiger partial charge in [-0.1, -0.05) is 0 Å². The van der Waals surface area contributed by atoms with Gasteiger partial charge in [0.25, 0.3) is 0 Å². The van der Waals surface area contributed by atoms with Gasteiger partial charge in [0.2, 0.25) is 0 Å². The van der Waals surface area contributed by atoms with Gasteiger partial charge in [0.15, 0.2) is 17.5 Å². The van der Waals surface area contributed by atoms with Gasteiger partial charge in [0.05, 0.1) is 0 Å². The molecule has 7 nitrogen and oxygen atoms in total. The Morgan fingerprint density at radius 2 is 2.18 bits per heavy atom. The SMILES string of the molecule is N#Cc1c([N+](=O)[O-])ncc(OC(F)(F)F)c1N. The van der Waals surface area contributed by atoms with E-state index in [2.05, 4.69) is 9.72 Å². The lowest BCUT2D eigenvalue weighted by Crippen LogP contribution is -2.18. The number of nitro groups is 1. The molecule has 0 saturated carbocycles. The Bertz CT molecular complexity index is 508. The predicted octanol–water partition coefficient (Wildman–Crippen LogP) is 1.34. The smallest absolute Gasteiger partial charge is 0.399 e. The second-order valence-corrected chi connectivity index (χ2v) is 2.65. The van der Waals surface area contributed by atoms with Crippen molar-refractivity contribution in [3.05, 3.63) is 21.9 Å². The highest BCUT2D eigenvalue weighted by Gasteiger charge is 2.34. The summed E-state index contributed by atoms with van der Waals surface area (Å²) in [6.45, 7) is 0. The molecule has 0 aliphatic rings. The van der Waals surface area contributed by atoms with Crippen LogP contribution in [0.25, 0.3) is 0 Å². The van der Waals surface area contributed by atoms with Gasteiger partial charge in [0.1, 0.15) is 11.8 Å². The number of nitrogen functional groups attached to an aromatic ring is 1. The summed E-state index contributed by atoms with van der Waals surface area (Å²) in [6, 6.07) is 1.29. The first-order valence-electron chi connectivity index (χ1n) is 3.85. The number of ether oxygens (including phenoxy) is 1. The highest BCUT2D eigenvalue weighted by Crippen LogP contribution is 2.33. The first kappa shape index (κ1) is 12.5. The summed E-state index contributed by atoms with van der Waals surface area (Å²) in [7, 11) is 0. The first-order valence-corrected chi connectivity index (χ1v) is 3.85. The second-order valence-electron chi connectivity index (χ2n) is 2.65. The maximum absolute atomic E-state index is 11.9. The monoisotopic (exact) mass is 248 g/mol. The van der Waals surface area contributed by atoms with E-state index < -0.39 is 34.1 Å². The van der Waals surface area contributed by atoms with E-state index in [1.54, 1.807) is 0 Å². The molecule has 0 radical (unpaired) electrons. The van der Waals surface area contributed by atoms with Crippen LogP contribution >= 0.6 is 0 Å². The summed E-state index contributed by atoms with van der Waals surface area (Å²) in [4.78, 5) is 12.4. The van der Waals surface area contributed by atoms with Gasteiger partial charge >= 0.3 is 12.2 Å². The third kappa shape index (κ3) is 2.71. The number of anilines is 1. The molecule has 0 spiro atoms. The van der Waals surface area contributed by atoms with Crippen molar-refractivity contribution in [1.29, 1.82) is 5.26 Å². The number of pyridine rings is 1. The van der Waals surface area contributed by atoms with E-state index in [0.717, 1.165) is 0 Å². The van der Waals surface area contributed by atoms with Crippen molar-refractivity contribution in [2.24, 2.45) is 0 Å². The molecule has 0 bridgehead atoms. The standard InChI is InChI=1S/C7H3F3N4O3/c8-7(9,10)17-4-2-13-6(14(15)16)3(1-11)5(4)12/h2H,(H2,12,13). The van der Waals surface area contributed by atoms with Crippen LogP contribution in [0.1, 0.15) is 5.56 Å². The second kappa shape index (κ2) is 4.12. The minimum atomic E-state index is -5.03. The number of hydrogen-bond donors (Lipinski definition) is 1. The van der Waals surface area contributed by atoms with Crippen LogP contribution in [0.15, 0.2) is 6.20 Å². The predicted molar refractivity (Wildman–Crippen MR) is 46.7 cm³/mol. The quantitative estimate of drug-likeness (QED) is 0.623. The van der Waals surface area contributed by atoms with E-state index in [9.17, 15) is 23.3 Å². The zero-order chi connectivity index (χ0) is 13.2. The fraction of sp³-hybridized carbons (Fsp3) is 0.143. The summed E-state index contributed by atoms with van der Waals surface area (Å²) in [5.41, 5.74) is 3.58. The van der Waals surface area contributed by atoms with Gasteiger partial charge in [-0.2, -0.15) is 5.26 Å². The average Bonchev–Trinajstić information content (AvgIpc) is 2.18.